The Morgan fingerprint density at radius 2 is 0.973 bits per heavy atom. The Balaban J connectivity index is 2.40. The first-order chi connectivity index (χ1) is 34.6. The first-order valence-electron chi connectivity index (χ1n) is 24.1. The van der Waals surface area contributed by atoms with Crippen molar-refractivity contribution in [3.63, 3.8) is 0 Å². The van der Waals surface area contributed by atoms with Crippen LogP contribution in [0.2, 0.25) is 0 Å². The van der Waals surface area contributed by atoms with E-state index >= 15 is 0 Å². The Morgan fingerprint density at radius 3 is 1.45 bits per heavy atom. The molecule has 0 aliphatic heterocycles. The predicted molar refractivity (Wildman–Crippen MR) is 264 cm³/mol. The van der Waals surface area contributed by atoms with Crippen LogP contribution in [0.3, 0.4) is 0 Å². The number of nitrogens with one attached hydrogen (secondary N) is 7. The van der Waals surface area contributed by atoms with E-state index in [2.05, 4.69) is 37.2 Å². The summed E-state index contributed by atoms with van der Waals surface area (Å²) < 4.78 is 10.1. The van der Waals surface area contributed by atoms with Crippen LogP contribution < -0.4 is 48.7 Å². The molecule has 0 aliphatic rings. The zero-order valence-corrected chi connectivity index (χ0v) is 41.8. The fraction of sp³-hybridized carbons (Fsp3) is 0.551. The van der Waals surface area contributed by atoms with Crippen LogP contribution in [0, 0.1) is 11.8 Å². The van der Waals surface area contributed by atoms with Gasteiger partial charge < -0.3 is 73.5 Å². The molecule has 0 bridgehead atoms. The Bertz CT molecular complexity index is 2110. The van der Waals surface area contributed by atoms with Crippen molar-refractivity contribution in [2.24, 2.45) is 23.3 Å². The molecule has 24 nitrogen and oxygen atoms in total. The van der Waals surface area contributed by atoms with Crippen molar-refractivity contribution in [3.8, 4) is 0 Å². The Hall–Kier alpha value is -7.02. The van der Waals surface area contributed by atoms with Crippen LogP contribution >= 0.6 is 0 Å². The number of aliphatic carboxylic acids is 3. The standard InChI is InChI=1S/C49H73N9O15/c1-29(2)23-34(53-43(65)33(51)17-11-12-18-50)48(70)58-42(30(3)4)49(71)57-36(25-32-15-9-6-10-16-32)46(68)54-35(24-31-13-7-5-8-14-31)45(67)56-38(27-40(61)62)47(69)55-37(26-39(59)60)44(66)52-19-20-72-21-22-73-28-41(63)64/h5-10,13-16,29-30,33-38,42H,11-12,17-28,50-51H2,1-4H3,(H,52,66)(H,53,65)(H,54,68)(H,55,69)(H,56,67)(H,57,71)(H,58,70)(H,59,60)(H,61,62)(H,63,64)/t33-,34-,35-,36-,37-,38-,42-/m0/s1. The SMILES string of the molecule is CC(C)C[C@H](NC(=O)[C@@H](N)CCCCN)C(=O)N[C@H](C(=O)N[C@@H](Cc1ccccc1)C(=O)N[C@@H](Cc1ccccc1)C(=O)N[C@@H](CC(=O)O)C(=O)N[C@@H](CC(=O)O)C(=O)NCCOCCOCC(=O)O)C(C)C. The summed E-state index contributed by atoms with van der Waals surface area (Å²) in [6, 6.07) is 7.07. The van der Waals surface area contributed by atoms with Crippen molar-refractivity contribution in [2.45, 2.75) is 121 Å². The highest BCUT2D eigenvalue weighted by molar-refractivity contribution is 5.98. The van der Waals surface area contributed by atoms with Crippen LogP contribution in [0.15, 0.2) is 60.7 Å². The summed E-state index contributed by atoms with van der Waals surface area (Å²) in [5.41, 5.74) is 12.8. The summed E-state index contributed by atoms with van der Waals surface area (Å²) in [4.78, 5) is 131. The molecule has 14 N–H and O–H groups in total. The number of carbonyl (C=O) groups is 10. The molecule has 0 unspecified atom stereocenters. The minimum absolute atomic E-state index is 0.0308. The summed E-state index contributed by atoms with van der Waals surface area (Å²) in [5, 5.41) is 45.6. The summed E-state index contributed by atoms with van der Waals surface area (Å²) in [6.07, 6.45) is -0.486. The molecule has 2 rings (SSSR count). The van der Waals surface area contributed by atoms with Gasteiger partial charge in [0.05, 0.1) is 38.7 Å². The van der Waals surface area contributed by atoms with Gasteiger partial charge in [0, 0.05) is 19.4 Å². The molecule has 404 valence electrons. The average molecular weight is 1030 g/mol. The lowest BCUT2D eigenvalue weighted by molar-refractivity contribution is -0.143. The highest BCUT2D eigenvalue weighted by Gasteiger charge is 2.36. The van der Waals surface area contributed by atoms with Crippen molar-refractivity contribution in [2.75, 3.05) is 39.5 Å². The number of unbranched alkanes of at least 4 members (excludes halogenated alkanes) is 1. The number of amides is 7. The van der Waals surface area contributed by atoms with Gasteiger partial charge in [-0.05, 0) is 48.8 Å². The maximum Gasteiger partial charge on any atom is 0.329 e. The molecule has 0 heterocycles. The van der Waals surface area contributed by atoms with E-state index in [0.717, 1.165) is 0 Å². The number of ether oxygens (including phenoxy) is 2. The third-order valence-electron chi connectivity index (χ3n) is 10.9. The van der Waals surface area contributed by atoms with E-state index in [1.165, 1.54) is 0 Å². The second kappa shape index (κ2) is 33.6. The van der Waals surface area contributed by atoms with Gasteiger partial charge in [0.25, 0.3) is 0 Å². The third kappa shape index (κ3) is 25.3. The van der Waals surface area contributed by atoms with Gasteiger partial charge in [-0.2, -0.15) is 0 Å². The minimum Gasteiger partial charge on any atom is -0.481 e. The van der Waals surface area contributed by atoms with Gasteiger partial charge in [0.1, 0.15) is 42.9 Å². The molecule has 0 aromatic heterocycles. The molecule has 2 aromatic carbocycles. The second-order valence-electron chi connectivity index (χ2n) is 18.0. The molecular formula is C49H73N9O15. The van der Waals surface area contributed by atoms with E-state index in [9.17, 15) is 58.2 Å². The number of benzene rings is 2. The van der Waals surface area contributed by atoms with E-state index in [0.29, 0.717) is 36.9 Å². The van der Waals surface area contributed by atoms with Gasteiger partial charge >= 0.3 is 17.9 Å². The minimum atomic E-state index is -1.91. The van der Waals surface area contributed by atoms with E-state index in [1.807, 2.05) is 13.8 Å². The molecule has 7 atom stereocenters. The zero-order valence-electron chi connectivity index (χ0n) is 41.8. The lowest BCUT2D eigenvalue weighted by Crippen LogP contribution is -2.61. The zero-order chi connectivity index (χ0) is 54.5. The normalized spacial score (nSPS) is 14.0. The van der Waals surface area contributed by atoms with E-state index in [1.54, 1.807) is 74.5 Å². The molecule has 0 fully saturated rings. The second-order valence-corrected chi connectivity index (χ2v) is 18.0. The van der Waals surface area contributed by atoms with Crippen LogP contribution in [0.25, 0.3) is 0 Å². The first kappa shape index (κ1) is 62.1. The van der Waals surface area contributed by atoms with Gasteiger partial charge in [-0.3, -0.25) is 43.2 Å². The first-order valence-corrected chi connectivity index (χ1v) is 24.1. The molecule has 0 saturated heterocycles. The molecule has 0 aliphatic carbocycles. The van der Waals surface area contributed by atoms with Gasteiger partial charge in [-0.15, -0.1) is 0 Å². The quantitative estimate of drug-likeness (QED) is 0.0354. The van der Waals surface area contributed by atoms with Crippen molar-refractivity contribution < 1.29 is 72.7 Å². The van der Waals surface area contributed by atoms with Crippen molar-refractivity contribution in [3.05, 3.63) is 71.8 Å². The fourth-order valence-corrected chi connectivity index (χ4v) is 7.12. The van der Waals surface area contributed by atoms with Gasteiger partial charge in [-0.25, -0.2) is 4.79 Å². The number of hydrogen-bond acceptors (Lipinski definition) is 14. The number of carboxylic acids is 3. The van der Waals surface area contributed by atoms with E-state index in [4.69, 9.17) is 26.0 Å². The maximum atomic E-state index is 14.5. The number of carbonyl (C=O) groups excluding carboxylic acids is 7. The number of rotatable bonds is 36. The molecule has 24 heteroatoms. The number of carboxylic acid groups (broad SMARTS) is 3. The highest BCUT2D eigenvalue weighted by atomic mass is 16.5. The Kier molecular flexibility index (Phi) is 28.6. The maximum absolute atomic E-state index is 14.5. The highest BCUT2D eigenvalue weighted by Crippen LogP contribution is 2.12. The molecule has 73 heavy (non-hydrogen) atoms. The predicted octanol–water partition coefficient (Wildman–Crippen LogP) is -1.28. The van der Waals surface area contributed by atoms with Crippen LogP contribution in [-0.4, -0.2) is 156 Å². The van der Waals surface area contributed by atoms with Crippen LogP contribution in [0.1, 0.15) is 77.3 Å². The average Bonchev–Trinajstić information content (AvgIpc) is 3.32. The van der Waals surface area contributed by atoms with Crippen molar-refractivity contribution >= 4 is 59.3 Å². The lowest BCUT2D eigenvalue weighted by Gasteiger charge is -2.29. The van der Waals surface area contributed by atoms with Crippen LogP contribution in [-0.2, 0) is 70.3 Å². The molecule has 0 spiro atoms. The van der Waals surface area contributed by atoms with E-state index in [-0.39, 0.29) is 51.5 Å². The van der Waals surface area contributed by atoms with Crippen molar-refractivity contribution in [1.82, 2.24) is 37.2 Å². The molecular weight excluding hydrogens is 955 g/mol. The molecule has 7 amide bonds. The smallest absolute Gasteiger partial charge is 0.329 e. The monoisotopic (exact) mass is 1030 g/mol. The molecule has 2 aromatic rings. The lowest BCUT2D eigenvalue weighted by atomic mass is 9.98. The number of hydrogen-bond donors (Lipinski definition) is 12. The Labute approximate surface area is 424 Å². The Morgan fingerprint density at radius 1 is 0.521 bits per heavy atom. The fourth-order valence-electron chi connectivity index (χ4n) is 7.12. The van der Waals surface area contributed by atoms with Crippen molar-refractivity contribution in [1.29, 1.82) is 0 Å². The van der Waals surface area contributed by atoms with Gasteiger partial charge in [0.15, 0.2) is 0 Å². The van der Waals surface area contributed by atoms with Gasteiger partial charge in [0.2, 0.25) is 41.4 Å². The number of nitrogens with two attached hydrogens (primary N) is 2. The summed E-state index contributed by atoms with van der Waals surface area (Å²) in [7, 11) is 0. The summed E-state index contributed by atoms with van der Waals surface area (Å²) >= 11 is 0. The van der Waals surface area contributed by atoms with Gasteiger partial charge in [-0.1, -0.05) is 94.8 Å². The third-order valence-corrected chi connectivity index (χ3v) is 10.9. The topological polar surface area (TPSA) is 386 Å². The summed E-state index contributed by atoms with van der Waals surface area (Å²) in [6.45, 7) is 6.56. The molecule has 0 saturated carbocycles. The summed E-state index contributed by atoms with van der Waals surface area (Å²) in [5.74, 6) is -11.0. The molecule has 0 radical (unpaired) electrons. The van der Waals surface area contributed by atoms with E-state index < -0.39 is 127 Å². The largest absolute Gasteiger partial charge is 0.481 e. The van der Waals surface area contributed by atoms with Crippen LogP contribution in [0.5, 0.6) is 0 Å². The van der Waals surface area contributed by atoms with Crippen LogP contribution in [0.4, 0.5) is 0 Å².